The van der Waals surface area contributed by atoms with E-state index < -0.39 is 0 Å². The van der Waals surface area contributed by atoms with Gasteiger partial charge in [0.25, 0.3) is 0 Å². The quantitative estimate of drug-likeness (QED) is 0.761. The van der Waals surface area contributed by atoms with Gasteiger partial charge in [-0.25, -0.2) is 0 Å². The van der Waals surface area contributed by atoms with Crippen LogP contribution in [0.3, 0.4) is 0 Å². The number of nitrogens with zero attached hydrogens (tertiary/aromatic N) is 2. The fourth-order valence-corrected chi connectivity index (χ4v) is 1.96. The number of aromatic nitrogens is 2. The molecule has 0 spiro atoms. The van der Waals surface area contributed by atoms with Crippen LogP contribution in [0.1, 0.15) is 24.4 Å². The molecule has 1 aliphatic rings. The molecule has 0 unspecified atom stereocenters. The van der Waals surface area contributed by atoms with Crippen molar-refractivity contribution in [1.29, 1.82) is 0 Å². The Morgan fingerprint density at radius 1 is 1.57 bits per heavy atom. The van der Waals surface area contributed by atoms with Gasteiger partial charge in [0, 0.05) is 38.1 Å². The van der Waals surface area contributed by atoms with Crippen molar-refractivity contribution in [2.24, 2.45) is 18.7 Å². The first-order valence-electron chi connectivity index (χ1n) is 5.09. The van der Waals surface area contributed by atoms with Gasteiger partial charge in [0.1, 0.15) is 0 Å². The van der Waals surface area contributed by atoms with E-state index in [2.05, 4.69) is 5.10 Å². The van der Waals surface area contributed by atoms with Crippen LogP contribution in [0.25, 0.3) is 0 Å². The van der Waals surface area contributed by atoms with Gasteiger partial charge in [0.05, 0.1) is 6.20 Å². The van der Waals surface area contributed by atoms with Crippen molar-refractivity contribution in [3.05, 3.63) is 18.0 Å². The minimum atomic E-state index is 0.118. The van der Waals surface area contributed by atoms with Gasteiger partial charge in [0.2, 0.25) is 0 Å². The number of hydrogen-bond donors (Lipinski definition) is 1. The van der Waals surface area contributed by atoms with E-state index in [1.807, 2.05) is 19.4 Å². The van der Waals surface area contributed by atoms with Gasteiger partial charge in [-0.15, -0.1) is 0 Å². The molecule has 2 N–H and O–H groups in total. The highest BCUT2D eigenvalue weighted by Crippen LogP contribution is 2.27. The molecule has 4 nitrogen and oxygen atoms in total. The van der Waals surface area contributed by atoms with Crippen molar-refractivity contribution in [2.45, 2.75) is 18.9 Å². The number of ether oxygens (including phenoxy) is 1. The molecule has 78 valence electrons. The minimum Gasteiger partial charge on any atom is -0.381 e. The molecule has 0 aliphatic carbocycles. The van der Waals surface area contributed by atoms with E-state index in [-0.39, 0.29) is 6.04 Å². The van der Waals surface area contributed by atoms with Crippen molar-refractivity contribution < 1.29 is 4.74 Å². The summed E-state index contributed by atoms with van der Waals surface area (Å²) in [7, 11) is 1.92. The van der Waals surface area contributed by atoms with E-state index in [0.717, 1.165) is 31.6 Å². The summed E-state index contributed by atoms with van der Waals surface area (Å²) >= 11 is 0. The van der Waals surface area contributed by atoms with Crippen LogP contribution in [0, 0.1) is 5.92 Å². The highest BCUT2D eigenvalue weighted by Gasteiger charge is 2.22. The van der Waals surface area contributed by atoms with Crippen molar-refractivity contribution in [3.63, 3.8) is 0 Å². The molecule has 1 saturated heterocycles. The van der Waals surface area contributed by atoms with Crippen molar-refractivity contribution in [2.75, 3.05) is 13.2 Å². The summed E-state index contributed by atoms with van der Waals surface area (Å²) in [6, 6.07) is 0.118. The van der Waals surface area contributed by atoms with Crippen molar-refractivity contribution in [1.82, 2.24) is 9.78 Å². The Kier molecular flexibility index (Phi) is 2.84. The lowest BCUT2D eigenvalue weighted by Gasteiger charge is -2.26. The highest BCUT2D eigenvalue weighted by molar-refractivity contribution is 5.10. The maximum absolute atomic E-state index is 6.17. The van der Waals surface area contributed by atoms with Gasteiger partial charge in [-0.05, 0) is 18.8 Å². The Bertz CT molecular complexity index is 291. The summed E-state index contributed by atoms with van der Waals surface area (Å²) < 4.78 is 7.11. The maximum Gasteiger partial charge on any atom is 0.0537 e. The zero-order valence-corrected chi connectivity index (χ0v) is 8.52. The van der Waals surface area contributed by atoms with Crippen LogP contribution in [-0.4, -0.2) is 23.0 Å². The molecule has 0 radical (unpaired) electrons. The molecule has 1 fully saturated rings. The van der Waals surface area contributed by atoms with Gasteiger partial charge >= 0.3 is 0 Å². The van der Waals surface area contributed by atoms with Gasteiger partial charge in [-0.2, -0.15) is 5.10 Å². The Balaban J connectivity index is 2.03. The van der Waals surface area contributed by atoms with E-state index in [0.29, 0.717) is 5.92 Å². The lowest BCUT2D eigenvalue weighted by atomic mass is 9.89. The van der Waals surface area contributed by atoms with Crippen LogP contribution in [0.15, 0.2) is 12.4 Å². The number of hydrogen-bond acceptors (Lipinski definition) is 3. The largest absolute Gasteiger partial charge is 0.381 e. The predicted molar refractivity (Wildman–Crippen MR) is 53.7 cm³/mol. The fourth-order valence-electron chi connectivity index (χ4n) is 1.96. The van der Waals surface area contributed by atoms with Crippen LogP contribution in [0.4, 0.5) is 0 Å². The van der Waals surface area contributed by atoms with E-state index in [4.69, 9.17) is 10.5 Å². The third-order valence-electron chi connectivity index (χ3n) is 2.88. The third kappa shape index (κ3) is 1.96. The van der Waals surface area contributed by atoms with Crippen LogP contribution >= 0.6 is 0 Å². The Morgan fingerprint density at radius 3 is 2.86 bits per heavy atom. The summed E-state index contributed by atoms with van der Waals surface area (Å²) in [4.78, 5) is 0. The molecule has 2 heterocycles. The first kappa shape index (κ1) is 9.68. The summed E-state index contributed by atoms with van der Waals surface area (Å²) in [6.45, 7) is 1.69. The maximum atomic E-state index is 6.17. The van der Waals surface area contributed by atoms with Crippen LogP contribution in [0.5, 0.6) is 0 Å². The molecule has 1 aliphatic heterocycles. The molecule has 0 bridgehead atoms. The average Bonchev–Trinajstić information content (AvgIpc) is 2.65. The zero-order valence-electron chi connectivity index (χ0n) is 8.52. The first-order valence-corrected chi connectivity index (χ1v) is 5.09. The lowest BCUT2D eigenvalue weighted by Crippen LogP contribution is -2.27. The van der Waals surface area contributed by atoms with Crippen molar-refractivity contribution >= 4 is 0 Å². The van der Waals surface area contributed by atoms with E-state index >= 15 is 0 Å². The number of rotatable bonds is 2. The second-order valence-electron chi connectivity index (χ2n) is 3.92. The monoisotopic (exact) mass is 195 g/mol. The van der Waals surface area contributed by atoms with Crippen LogP contribution in [-0.2, 0) is 11.8 Å². The molecular formula is C10H17N3O. The topological polar surface area (TPSA) is 53.1 Å². The van der Waals surface area contributed by atoms with Gasteiger partial charge in [-0.1, -0.05) is 0 Å². The van der Waals surface area contributed by atoms with E-state index in [1.165, 1.54) is 0 Å². The first-order chi connectivity index (χ1) is 6.77. The SMILES string of the molecule is Cn1cc([C@@H](N)C2CCOCC2)cn1. The third-order valence-corrected chi connectivity index (χ3v) is 2.88. The molecule has 2 rings (SSSR count). The summed E-state index contributed by atoms with van der Waals surface area (Å²) in [6.07, 6.45) is 5.99. The van der Waals surface area contributed by atoms with Gasteiger partial charge in [-0.3, -0.25) is 4.68 Å². The molecule has 1 aromatic rings. The molecule has 0 amide bonds. The summed E-state index contributed by atoms with van der Waals surface area (Å²) in [5, 5.41) is 4.14. The molecule has 4 heteroatoms. The number of nitrogens with two attached hydrogens (primary N) is 1. The van der Waals surface area contributed by atoms with Gasteiger partial charge < -0.3 is 10.5 Å². The Morgan fingerprint density at radius 2 is 2.29 bits per heavy atom. The molecule has 0 saturated carbocycles. The lowest BCUT2D eigenvalue weighted by molar-refractivity contribution is 0.0584. The standard InChI is InChI=1S/C10H17N3O/c1-13-7-9(6-12-13)10(11)8-2-4-14-5-3-8/h6-8,10H,2-5,11H2,1H3/t10-/m0/s1. The second kappa shape index (κ2) is 4.11. The fraction of sp³-hybridized carbons (Fsp3) is 0.700. The molecule has 14 heavy (non-hydrogen) atoms. The summed E-state index contributed by atoms with van der Waals surface area (Å²) in [5.74, 6) is 0.549. The molecule has 0 aromatic carbocycles. The normalized spacial score (nSPS) is 21.0. The Hall–Kier alpha value is -0.870. The van der Waals surface area contributed by atoms with Gasteiger partial charge in [0.15, 0.2) is 0 Å². The van der Waals surface area contributed by atoms with Crippen molar-refractivity contribution in [3.8, 4) is 0 Å². The number of aryl methyl sites for hydroxylation is 1. The minimum absolute atomic E-state index is 0.118. The smallest absolute Gasteiger partial charge is 0.0537 e. The zero-order chi connectivity index (χ0) is 9.97. The van der Waals surface area contributed by atoms with Crippen LogP contribution in [0.2, 0.25) is 0 Å². The van der Waals surface area contributed by atoms with Crippen LogP contribution < -0.4 is 5.73 Å². The molecular weight excluding hydrogens is 178 g/mol. The average molecular weight is 195 g/mol. The van der Waals surface area contributed by atoms with E-state index in [1.54, 1.807) is 4.68 Å². The second-order valence-corrected chi connectivity index (χ2v) is 3.92. The molecule has 1 aromatic heterocycles. The summed E-state index contributed by atoms with van der Waals surface area (Å²) in [5.41, 5.74) is 7.31. The van der Waals surface area contributed by atoms with E-state index in [9.17, 15) is 0 Å². The predicted octanol–water partition coefficient (Wildman–Crippen LogP) is 0.846. The highest BCUT2D eigenvalue weighted by atomic mass is 16.5. The molecule has 1 atom stereocenters. The Labute approximate surface area is 84.0 Å².